The third-order valence-corrected chi connectivity index (χ3v) is 2.37. The largest absolute Gasteiger partial charge is 0.379 e. The van der Waals surface area contributed by atoms with Gasteiger partial charge >= 0.3 is 0 Å². The van der Waals surface area contributed by atoms with Crippen LogP contribution in [0.3, 0.4) is 0 Å². The predicted octanol–water partition coefficient (Wildman–Crippen LogP) is 2.45. The second kappa shape index (κ2) is 4.48. The lowest BCUT2D eigenvalue weighted by molar-refractivity contribution is 0.447. The highest BCUT2D eigenvalue weighted by molar-refractivity contribution is 5.44. The van der Waals surface area contributed by atoms with Gasteiger partial charge in [0.2, 0.25) is 0 Å². The molecular weight excluding hydrogens is 231 g/mol. The first-order chi connectivity index (χ1) is 8.08. The summed E-state index contributed by atoms with van der Waals surface area (Å²) < 4.78 is 40.3. The number of rotatable bonds is 3. The van der Waals surface area contributed by atoms with Gasteiger partial charge in [-0.3, -0.25) is 0 Å². The van der Waals surface area contributed by atoms with E-state index in [0.29, 0.717) is 6.54 Å². The van der Waals surface area contributed by atoms with Gasteiger partial charge < -0.3 is 9.88 Å². The van der Waals surface area contributed by atoms with Crippen LogP contribution in [0.4, 0.5) is 18.9 Å². The third kappa shape index (κ3) is 2.41. The molecule has 0 saturated carbocycles. The molecule has 1 heterocycles. The number of nitrogens with one attached hydrogen (secondary N) is 1. The van der Waals surface area contributed by atoms with Gasteiger partial charge in [0.1, 0.15) is 0 Å². The second-order valence-corrected chi connectivity index (χ2v) is 3.60. The number of nitrogens with zero attached hydrogens (tertiary/aromatic N) is 2. The van der Waals surface area contributed by atoms with Crippen LogP contribution in [0.15, 0.2) is 24.7 Å². The van der Waals surface area contributed by atoms with E-state index >= 15 is 0 Å². The fraction of sp³-hybridized carbons (Fsp3) is 0.182. The summed E-state index contributed by atoms with van der Waals surface area (Å²) in [6.07, 6.45) is 3.24. The minimum Gasteiger partial charge on any atom is -0.379 e. The lowest BCUT2D eigenvalue weighted by Gasteiger charge is -2.07. The van der Waals surface area contributed by atoms with E-state index in [0.717, 1.165) is 17.8 Å². The molecule has 0 amide bonds. The number of aromatic nitrogens is 2. The molecule has 0 bridgehead atoms. The molecule has 2 rings (SSSR count). The van der Waals surface area contributed by atoms with Crippen LogP contribution in [0.1, 0.15) is 5.69 Å². The molecule has 90 valence electrons. The molecular formula is C11H10F3N3. The molecule has 0 unspecified atom stereocenters. The summed E-state index contributed by atoms with van der Waals surface area (Å²) in [5, 5.41) is 2.79. The Morgan fingerprint density at radius 1 is 1.24 bits per heavy atom. The van der Waals surface area contributed by atoms with Crippen LogP contribution in [0.25, 0.3) is 0 Å². The molecule has 6 heteroatoms. The molecule has 0 aliphatic heterocycles. The number of hydrogen-bond donors (Lipinski definition) is 1. The van der Waals surface area contributed by atoms with Gasteiger partial charge in [0, 0.05) is 31.1 Å². The summed E-state index contributed by atoms with van der Waals surface area (Å²) in [4.78, 5) is 3.90. The van der Waals surface area contributed by atoms with Crippen molar-refractivity contribution in [1.82, 2.24) is 9.55 Å². The molecule has 0 fully saturated rings. The molecule has 0 aliphatic carbocycles. The van der Waals surface area contributed by atoms with Crippen LogP contribution >= 0.6 is 0 Å². The smallest absolute Gasteiger partial charge is 0.194 e. The average molecular weight is 241 g/mol. The van der Waals surface area contributed by atoms with Crippen molar-refractivity contribution in [2.24, 2.45) is 7.05 Å². The van der Waals surface area contributed by atoms with E-state index in [2.05, 4.69) is 10.3 Å². The minimum absolute atomic E-state index is 0.183. The first-order valence-corrected chi connectivity index (χ1v) is 4.91. The molecule has 0 saturated heterocycles. The molecule has 1 N–H and O–H groups in total. The Hall–Kier alpha value is -1.98. The first-order valence-electron chi connectivity index (χ1n) is 4.91. The lowest BCUT2D eigenvalue weighted by atomic mass is 10.3. The highest BCUT2D eigenvalue weighted by Gasteiger charge is 2.10. The maximum Gasteiger partial charge on any atom is 0.194 e. The zero-order valence-electron chi connectivity index (χ0n) is 9.04. The molecule has 1 aromatic heterocycles. The summed E-state index contributed by atoms with van der Waals surface area (Å²) in [6.45, 7) is 0.348. The fourth-order valence-corrected chi connectivity index (χ4v) is 1.41. The van der Waals surface area contributed by atoms with Gasteiger partial charge in [-0.25, -0.2) is 18.2 Å². The van der Waals surface area contributed by atoms with Gasteiger partial charge in [-0.15, -0.1) is 0 Å². The molecule has 3 nitrogen and oxygen atoms in total. The zero-order valence-corrected chi connectivity index (χ0v) is 9.04. The summed E-state index contributed by atoms with van der Waals surface area (Å²) in [7, 11) is 1.80. The number of benzene rings is 1. The zero-order chi connectivity index (χ0) is 12.4. The summed E-state index contributed by atoms with van der Waals surface area (Å²) in [5.41, 5.74) is 1.03. The maximum absolute atomic E-state index is 12.9. The summed E-state index contributed by atoms with van der Waals surface area (Å²) in [5.74, 6) is -3.88. The molecule has 1 aromatic carbocycles. The molecule has 17 heavy (non-hydrogen) atoms. The van der Waals surface area contributed by atoms with Crippen LogP contribution in [-0.4, -0.2) is 9.55 Å². The van der Waals surface area contributed by atoms with E-state index in [-0.39, 0.29) is 5.69 Å². The van der Waals surface area contributed by atoms with Gasteiger partial charge in [0.05, 0.1) is 18.6 Å². The summed E-state index contributed by atoms with van der Waals surface area (Å²) >= 11 is 0. The topological polar surface area (TPSA) is 29.9 Å². The van der Waals surface area contributed by atoms with Gasteiger partial charge in [-0.1, -0.05) is 0 Å². The number of aryl methyl sites for hydroxylation is 1. The van der Waals surface area contributed by atoms with E-state index in [1.807, 2.05) is 0 Å². The highest BCUT2D eigenvalue weighted by Crippen LogP contribution is 2.17. The first kappa shape index (κ1) is 11.5. The number of halogens is 3. The Bertz CT molecular complexity index is 514. The second-order valence-electron chi connectivity index (χ2n) is 3.60. The highest BCUT2D eigenvalue weighted by atomic mass is 19.2. The Labute approximate surface area is 95.9 Å². The van der Waals surface area contributed by atoms with E-state index < -0.39 is 17.5 Å². The van der Waals surface area contributed by atoms with Crippen molar-refractivity contribution in [1.29, 1.82) is 0 Å². The lowest BCUT2D eigenvalue weighted by Crippen LogP contribution is -2.05. The Kier molecular flexibility index (Phi) is 3.03. The van der Waals surface area contributed by atoms with E-state index in [1.165, 1.54) is 0 Å². The van der Waals surface area contributed by atoms with Gasteiger partial charge in [0.15, 0.2) is 17.5 Å². The molecule has 0 spiro atoms. The van der Waals surface area contributed by atoms with Gasteiger partial charge in [-0.05, 0) is 0 Å². The molecule has 0 aliphatic rings. The van der Waals surface area contributed by atoms with Crippen molar-refractivity contribution in [3.63, 3.8) is 0 Å². The van der Waals surface area contributed by atoms with Crippen LogP contribution in [0.5, 0.6) is 0 Å². The molecule has 0 atom stereocenters. The van der Waals surface area contributed by atoms with Crippen LogP contribution in [0, 0.1) is 17.5 Å². The molecule has 0 radical (unpaired) electrons. The third-order valence-electron chi connectivity index (χ3n) is 2.37. The quantitative estimate of drug-likeness (QED) is 0.836. The predicted molar refractivity (Wildman–Crippen MR) is 56.9 cm³/mol. The van der Waals surface area contributed by atoms with E-state index in [9.17, 15) is 13.2 Å². The van der Waals surface area contributed by atoms with Crippen molar-refractivity contribution in [2.45, 2.75) is 6.54 Å². The minimum atomic E-state index is -1.46. The normalized spacial score (nSPS) is 10.6. The van der Waals surface area contributed by atoms with Crippen LogP contribution < -0.4 is 5.32 Å². The standard InChI is InChI=1S/C11H10F3N3/c1-17-6-15-4-8(17)5-16-7-2-9(12)11(14)10(13)3-7/h2-4,6,16H,5H2,1H3. The van der Waals surface area contributed by atoms with E-state index in [4.69, 9.17) is 0 Å². The number of anilines is 1. The van der Waals surface area contributed by atoms with Crippen molar-refractivity contribution in [3.8, 4) is 0 Å². The number of imidazole rings is 1. The van der Waals surface area contributed by atoms with Crippen LogP contribution in [-0.2, 0) is 13.6 Å². The van der Waals surface area contributed by atoms with Gasteiger partial charge in [0.25, 0.3) is 0 Å². The maximum atomic E-state index is 12.9. The van der Waals surface area contributed by atoms with Crippen molar-refractivity contribution in [2.75, 3.05) is 5.32 Å². The fourth-order valence-electron chi connectivity index (χ4n) is 1.41. The Morgan fingerprint density at radius 3 is 2.41 bits per heavy atom. The van der Waals surface area contributed by atoms with Crippen molar-refractivity contribution >= 4 is 5.69 Å². The summed E-state index contributed by atoms with van der Waals surface area (Å²) in [6, 6.07) is 1.82. The number of hydrogen-bond acceptors (Lipinski definition) is 2. The van der Waals surface area contributed by atoms with E-state index in [1.54, 1.807) is 24.1 Å². The molecule has 2 aromatic rings. The van der Waals surface area contributed by atoms with Gasteiger partial charge in [-0.2, -0.15) is 0 Å². The van der Waals surface area contributed by atoms with Crippen molar-refractivity contribution < 1.29 is 13.2 Å². The monoisotopic (exact) mass is 241 g/mol. The van der Waals surface area contributed by atoms with Crippen molar-refractivity contribution in [3.05, 3.63) is 47.8 Å². The average Bonchev–Trinajstić information content (AvgIpc) is 2.69. The SMILES string of the molecule is Cn1cncc1CNc1cc(F)c(F)c(F)c1. The Balaban J connectivity index is 2.12. The van der Waals surface area contributed by atoms with Crippen LogP contribution in [0.2, 0.25) is 0 Å². The Morgan fingerprint density at radius 2 is 1.88 bits per heavy atom.